The summed E-state index contributed by atoms with van der Waals surface area (Å²) >= 11 is 0. The number of amides is 1. The van der Waals surface area contributed by atoms with Gasteiger partial charge in [0, 0.05) is 13.1 Å². The second-order valence-corrected chi connectivity index (χ2v) is 8.51. The fourth-order valence-corrected chi connectivity index (χ4v) is 3.49. The van der Waals surface area contributed by atoms with Gasteiger partial charge in [-0.2, -0.15) is 13.2 Å². The van der Waals surface area contributed by atoms with Gasteiger partial charge in [0.25, 0.3) is 0 Å². The van der Waals surface area contributed by atoms with Crippen molar-refractivity contribution < 1.29 is 26.4 Å². The number of carbonyl (C=O) groups excluding carboxylic acids is 1. The van der Waals surface area contributed by atoms with Crippen LogP contribution in [0.1, 0.15) is 30.4 Å². The lowest BCUT2D eigenvalue weighted by Gasteiger charge is -2.33. The van der Waals surface area contributed by atoms with Crippen molar-refractivity contribution in [1.82, 2.24) is 9.62 Å². The zero-order chi connectivity index (χ0) is 19.4. The van der Waals surface area contributed by atoms with Gasteiger partial charge in [0.2, 0.25) is 15.9 Å². The number of aryl methyl sites for hydroxylation is 1. The van der Waals surface area contributed by atoms with E-state index >= 15 is 0 Å². The zero-order valence-corrected chi connectivity index (χ0v) is 15.4. The number of sulfonamides is 1. The predicted molar refractivity (Wildman–Crippen MR) is 91.9 cm³/mol. The molecule has 1 aliphatic heterocycles. The standard InChI is InChI=1S/C17H23F3N2O3S/c1-26(24,25)21-11-16(23)22-9-3-5-14(12-22)8-7-13-4-2-6-15(10-13)17(18,19)20/h2,4,6,10,14,21H,3,5,7-9,11-12H2,1H3. The average Bonchev–Trinajstić information content (AvgIpc) is 2.57. The number of benzene rings is 1. The second-order valence-electron chi connectivity index (χ2n) is 6.68. The van der Waals surface area contributed by atoms with E-state index in [1.165, 1.54) is 12.1 Å². The quantitative estimate of drug-likeness (QED) is 0.809. The Hall–Kier alpha value is -1.61. The van der Waals surface area contributed by atoms with Crippen molar-refractivity contribution in [1.29, 1.82) is 0 Å². The van der Waals surface area contributed by atoms with Crippen molar-refractivity contribution in [3.8, 4) is 0 Å². The highest BCUT2D eigenvalue weighted by atomic mass is 32.2. The molecular weight excluding hydrogens is 369 g/mol. The average molecular weight is 392 g/mol. The molecule has 5 nitrogen and oxygen atoms in total. The lowest BCUT2D eigenvalue weighted by molar-refractivity contribution is -0.137. The molecule has 0 radical (unpaired) electrons. The first-order chi connectivity index (χ1) is 12.0. The van der Waals surface area contributed by atoms with E-state index in [4.69, 9.17) is 0 Å². The van der Waals surface area contributed by atoms with Crippen LogP contribution in [0.5, 0.6) is 0 Å². The number of hydrogen-bond donors (Lipinski definition) is 1. The summed E-state index contributed by atoms with van der Waals surface area (Å²) in [6.07, 6.45) is -0.450. The summed E-state index contributed by atoms with van der Waals surface area (Å²) < 4.78 is 62.6. The van der Waals surface area contributed by atoms with Crippen molar-refractivity contribution in [3.63, 3.8) is 0 Å². The van der Waals surface area contributed by atoms with E-state index in [-0.39, 0.29) is 18.4 Å². The van der Waals surface area contributed by atoms with E-state index in [0.717, 1.165) is 25.2 Å². The van der Waals surface area contributed by atoms with E-state index in [2.05, 4.69) is 4.72 Å². The first-order valence-electron chi connectivity index (χ1n) is 8.43. The van der Waals surface area contributed by atoms with Crippen molar-refractivity contribution in [2.24, 2.45) is 5.92 Å². The number of nitrogens with one attached hydrogen (secondary N) is 1. The summed E-state index contributed by atoms with van der Waals surface area (Å²) in [6, 6.07) is 5.31. The molecule has 1 saturated heterocycles. The fourth-order valence-electron chi connectivity index (χ4n) is 3.11. The molecular formula is C17H23F3N2O3S. The molecule has 146 valence electrons. The Morgan fingerprint density at radius 3 is 2.73 bits per heavy atom. The molecule has 1 amide bonds. The van der Waals surface area contributed by atoms with Crippen LogP contribution < -0.4 is 4.72 Å². The van der Waals surface area contributed by atoms with E-state index in [9.17, 15) is 26.4 Å². The van der Waals surface area contributed by atoms with Crippen LogP contribution in [0.15, 0.2) is 24.3 Å². The summed E-state index contributed by atoms with van der Waals surface area (Å²) in [7, 11) is -3.42. The Labute approximate surface area is 151 Å². The molecule has 1 aromatic carbocycles. The van der Waals surface area contributed by atoms with Gasteiger partial charge in [-0.1, -0.05) is 18.2 Å². The number of nitrogens with zero attached hydrogens (tertiary/aromatic N) is 1. The molecule has 0 aliphatic carbocycles. The van der Waals surface area contributed by atoms with Crippen LogP contribution in [0.3, 0.4) is 0 Å². The van der Waals surface area contributed by atoms with E-state index in [1.54, 1.807) is 11.0 Å². The highest BCUT2D eigenvalue weighted by Gasteiger charge is 2.30. The molecule has 0 saturated carbocycles. The highest BCUT2D eigenvalue weighted by Crippen LogP contribution is 2.30. The number of halogens is 3. The van der Waals surface area contributed by atoms with Crippen LogP contribution in [-0.4, -0.2) is 45.1 Å². The van der Waals surface area contributed by atoms with Crippen LogP contribution in [0.2, 0.25) is 0 Å². The molecule has 26 heavy (non-hydrogen) atoms. The van der Waals surface area contributed by atoms with Crippen LogP contribution >= 0.6 is 0 Å². The summed E-state index contributed by atoms with van der Waals surface area (Å²) in [5, 5.41) is 0. The third-order valence-corrected chi connectivity index (χ3v) is 5.12. The van der Waals surface area contributed by atoms with Gasteiger partial charge in [-0.3, -0.25) is 4.79 Å². The Morgan fingerprint density at radius 1 is 1.35 bits per heavy atom. The van der Waals surface area contributed by atoms with Gasteiger partial charge in [0.1, 0.15) is 0 Å². The minimum Gasteiger partial charge on any atom is -0.341 e. The lowest BCUT2D eigenvalue weighted by Crippen LogP contribution is -2.44. The molecule has 0 spiro atoms. The third-order valence-electron chi connectivity index (χ3n) is 4.45. The van der Waals surface area contributed by atoms with Gasteiger partial charge in [0.05, 0.1) is 18.4 Å². The van der Waals surface area contributed by atoms with Crippen LogP contribution in [0.4, 0.5) is 13.2 Å². The van der Waals surface area contributed by atoms with Gasteiger partial charge >= 0.3 is 6.18 Å². The number of piperidine rings is 1. The number of hydrogen-bond acceptors (Lipinski definition) is 3. The maximum atomic E-state index is 12.8. The molecule has 1 atom stereocenters. The molecule has 1 aliphatic rings. The van der Waals surface area contributed by atoms with Gasteiger partial charge in [-0.15, -0.1) is 0 Å². The summed E-state index contributed by atoms with van der Waals surface area (Å²) in [4.78, 5) is 13.7. The fraction of sp³-hybridized carbons (Fsp3) is 0.588. The lowest BCUT2D eigenvalue weighted by atomic mass is 9.91. The molecule has 1 fully saturated rings. The summed E-state index contributed by atoms with van der Waals surface area (Å²) in [5.74, 6) is -0.0836. The second kappa shape index (κ2) is 8.39. The summed E-state index contributed by atoms with van der Waals surface area (Å²) in [5.41, 5.74) is -0.0238. The molecule has 1 N–H and O–H groups in total. The first-order valence-corrected chi connectivity index (χ1v) is 10.3. The topological polar surface area (TPSA) is 66.5 Å². The Balaban J connectivity index is 1.87. The minimum absolute atomic E-state index is 0.195. The Bertz CT molecular complexity index is 735. The zero-order valence-electron chi connectivity index (χ0n) is 14.6. The molecule has 1 heterocycles. The number of rotatable bonds is 6. The molecule has 0 aromatic heterocycles. The molecule has 2 rings (SSSR count). The van der Waals surface area contributed by atoms with E-state index in [0.29, 0.717) is 31.5 Å². The molecule has 1 unspecified atom stereocenters. The Kier molecular flexibility index (Phi) is 6.68. The van der Waals surface area contributed by atoms with Crippen molar-refractivity contribution in [2.75, 3.05) is 25.9 Å². The van der Waals surface area contributed by atoms with Crippen molar-refractivity contribution >= 4 is 15.9 Å². The number of carbonyl (C=O) groups is 1. The Morgan fingerprint density at radius 2 is 2.08 bits per heavy atom. The van der Waals surface area contributed by atoms with Gasteiger partial charge < -0.3 is 4.90 Å². The monoisotopic (exact) mass is 392 g/mol. The SMILES string of the molecule is CS(=O)(=O)NCC(=O)N1CCCC(CCc2cccc(C(F)(F)F)c2)C1. The maximum absolute atomic E-state index is 12.8. The molecule has 9 heteroatoms. The van der Waals surface area contributed by atoms with Crippen LogP contribution in [-0.2, 0) is 27.4 Å². The molecule has 1 aromatic rings. The smallest absolute Gasteiger partial charge is 0.341 e. The third kappa shape index (κ3) is 6.60. The van der Waals surface area contributed by atoms with Crippen molar-refractivity contribution in [3.05, 3.63) is 35.4 Å². The number of alkyl halides is 3. The van der Waals surface area contributed by atoms with Gasteiger partial charge in [-0.25, -0.2) is 13.1 Å². The first kappa shape index (κ1) is 20.7. The van der Waals surface area contributed by atoms with E-state index < -0.39 is 21.8 Å². The molecule has 0 bridgehead atoms. The van der Waals surface area contributed by atoms with Gasteiger partial charge in [0.15, 0.2) is 0 Å². The summed E-state index contributed by atoms with van der Waals surface area (Å²) in [6.45, 7) is 0.812. The predicted octanol–water partition coefficient (Wildman–Crippen LogP) is 2.43. The van der Waals surface area contributed by atoms with Crippen molar-refractivity contribution in [2.45, 2.75) is 31.9 Å². The van der Waals surface area contributed by atoms with Crippen LogP contribution in [0, 0.1) is 5.92 Å². The minimum atomic E-state index is -4.35. The number of likely N-dealkylation sites (tertiary alicyclic amines) is 1. The van der Waals surface area contributed by atoms with Crippen LogP contribution in [0.25, 0.3) is 0 Å². The highest BCUT2D eigenvalue weighted by molar-refractivity contribution is 7.88. The largest absolute Gasteiger partial charge is 0.416 e. The maximum Gasteiger partial charge on any atom is 0.416 e. The van der Waals surface area contributed by atoms with E-state index in [1.807, 2.05) is 0 Å². The van der Waals surface area contributed by atoms with Gasteiger partial charge in [-0.05, 0) is 43.2 Å². The normalized spacial score (nSPS) is 18.8.